The predicted octanol–water partition coefficient (Wildman–Crippen LogP) is 7.06. The zero-order valence-corrected chi connectivity index (χ0v) is 36.8. The van der Waals surface area contributed by atoms with Gasteiger partial charge >= 0.3 is 12.1 Å². The van der Waals surface area contributed by atoms with Crippen molar-refractivity contribution in [2.45, 2.75) is 44.1 Å². The topological polar surface area (TPSA) is 138 Å². The van der Waals surface area contributed by atoms with E-state index in [4.69, 9.17) is 44.8 Å². The van der Waals surface area contributed by atoms with E-state index in [9.17, 15) is 14.4 Å². The van der Waals surface area contributed by atoms with Gasteiger partial charge in [0, 0.05) is 91.0 Å². The molecule has 16 heteroatoms. The van der Waals surface area contributed by atoms with Gasteiger partial charge in [0.15, 0.2) is 5.60 Å². The Bertz CT molecular complexity index is 1880. The Balaban J connectivity index is 0.845. The first-order valence-corrected chi connectivity index (χ1v) is 22.5. The van der Waals surface area contributed by atoms with Crippen LogP contribution in [0.25, 0.3) is 0 Å². The van der Waals surface area contributed by atoms with Gasteiger partial charge < -0.3 is 48.3 Å². The van der Waals surface area contributed by atoms with Crippen molar-refractivity contribution in [1.29, 1.82) is 0 Å². The summed E-state index contributed by atoms with van der Waals surface area (Å²) in [6, 6.07) is 17.3. The standard InChI is InChI=1S/C44H54ClIN4O10/c45-13-3-1-2-4-20-54-23-24-55-21-14-47-43(53)58-28-27-57-26-25-56-22-19-50(46)41(51)32-7-10-35-38(29-32)44(60-42(35)52)36-11-8-33(48-15-5-16-48)30-39(36)59-40-31-34(9-12-37(40)44)49-17-6-18-49/h7-12,29-31H,1-6,13-28H2,(H,47,53). The van der Waals surface area contributed by atoms with Crippen molar-refractivity contribution in [2.75, 3.05) is 114 Å². The smallest absolute Gasteiger partial charge is 0.407 e. The molecule has 2 fully saturated rings. The monoisotopic (exact) mass is 960 g/mol. The molecule has 0 aromatic heterocycles. The third-order valence-corrected chi connectivity index (χ3v) is 12.2. The number of amides is 2. The molecule has 0 unspecified atom stereocenters. The molecule has 4 aliphatic heterocycles. The summed E-state index contributed by atoms with van der Waals surface area (Å²) in [5.74, 6) is 1.30. The lowest BCUT2D eigenvalue weighted by Gasteiger charge is -2.39. The molecule has 0 bridgehead atoms. The Hall–Kier alpha value is -3.87. The summed E-state index contributed by atoms with van der Waals surface area (Å²) in [4.78, 5) is 43.9. The number of hydrogen-bond donors (Lipinski definition) is 1. The minimum Gasteiger partial charge on any atom is -0.456 e. The molecule has 324 valence electrons. The average Bonchev–Trinajstić information content (AvgIpc) is 3.50. The van der Waals surface area contributed by atoms with Crippen LogP contribution in [0.4, 0.5) is 16.2 Å². The lowest BCUT2D eigenvalue weighted by molar-refractivity contribution is 0.0224. The highest BCUT2D eigenvalue weighted by Gasteiger charge is 2.54. The minimum absolute atomic E-state index is 0.101. The third-order valence-electron chi connectivity index (χ3n) is 11.0. The van der Waals surface area contributed by atoms with Crippen molar-refractivity contribution in [3.8, 4) is 11.5 Å². The van der Waals surface area contributed by atoms with Gasteiger partial charge in [0.25, 0.3) is 5.91 Å². The van der Waals surface area contributed by atoms with E-state index in [1.807, 2.05) is 47.1 Å². The van der Waals surface area contributed by atoms with Crippen molar-refractivity contribution >= 4 is 63.8 Å². The second kappa shape index (κ2) is 21.8. The number of carbonyl (C=O) groups excluding carboxylic acids is 3. The second-order valence-electron chi connectivity index (χ2n) is 15.0. The number of carbonyl (C=O) groups is 3. The van der Waals surface area contributed by atoms with Crippen molar-refractivity contribution in [2.24, 2.45) is 0 Å². The molecule has 4 heterocycles. The molecular weight excluding hydrogens is 907 g/mol. The molecule has 0 aliphatic carbocycles. The maximum atomic E-state index is 13.8. The van der Waals surface area contributed by atoms with Crippen LogP contribution in [0.5, 0.6) is 11.5 Å². The molecule has 1 N–H and O–H groups in total. The Morgan fingerprint density at radius 2 is 1.32 bits per heavy atom. The number of halogens is 2. The average molecular weight is 961 g/mol. The molecule has 2 saturated heterocycles. The maximum absolute atomic E-state index is 13.8. The van der Waals surface area contributed by atoms with Gasteiger partial charge in [-0.1, -0.05) is 12.8 Å². The molecule has 3 aromatic carbocycles. The van der Waals surface area contributed by atoms with Gasteiger partial charge in [-0.3, -0.25) is 7.91 Å². The largest absolute Gasteiger partial charge is 0.456 e. The van der Waals surface area contributed by atoms with Crippen molar-refractivity contribution < 1.29 is 47.5 Å². The van der Waals surface area contributed by atoms with Crippen LogP contribution in [0.2, 0.25) is 0 Å². The van der Waals surface area contributed by atoms with Crippen molar-refractivity contribution in [3.05, 3.63) is 82.4 Å². The first-order valence-electron chi connectivity index (χ1n) is 21.0. The molecule has 3 aromatic rings. The van der Waals surface area contributed by atoms with E-state index < -0.39 is 17.7 Å². The van der Waals surface area contributed by atoms with Gasteiger partial charge in [-0.05, 0) is 68.1 Å². The predicted molar refractivity (Wildman–Crippen MR) is 235 cm³/mol. The van der Waals surface area contributed by atoms with Crippen LogP contribution < -0.4 is 19.9 Å². The highest BCUT2D eigenvalue weighted by molar-refractivity contribution is 14.1. The number of nitrogens with one attached hydrogen (secondary N) is 1. The number of fused-ring (bicyclic) bond motifs is 6. The van der Waals surface area contributed by atoms with Crippen LogP contribution in [-0.2, 0) is 34.0 Å². The molecule has 4 aliphatic rings. The van der Waals surface area contributed by atoms with Crippen LogP contribution in [0, 0.1) is 0 Å². The summed E-state index contributed by atoms with van der Waals surface area (Å²) in [5.41, 5.74) is 3.75. The van der Waals surface area contributed by atoms with E-state index >= 15 is 0 Å². The zero-order chi connectivity index (χ0) is 41.7. The van der Waals surface area contributed by atoms with Crippen LogP contribution in [0.3, 0.4) is 0 Å². The van der Waals surface area contributed by atoms with E-state index in [1.165, 1.54) is 0 Å². The van der Waals surface area contributed by atoms with Gasteiger partial charge in [-0.15, -0.1) is 11.6 Å². The number of nitrogens with zero attached hydrogens (tertiary/aromatic N) is 3. The minimum atomic E-state index is -1.28. The summed E-state index contributed by atoms with van der Waals surface area (Å²) in [5, 5.41) is 2.64. The maximum Gasteiger partial charge on any atom is 0.407 e. The lowest BCUT2D eigenvalue weighted by Crippen LogP contribution is -2.38. The molecule has 14 nitrogen and oxygen atoms in total. The molecule has 2 amide bonds. The molecule has 7 rings (SSSR count). The summed E-state index contributed by atoms with van der Waals surface area (Å²) >= 11 is 7.67. The summed E-state index contributed by atoms with van der Waals surface area (Å²) < 4.78 is 42.0. The number of benzene rings is 3. The number of alkyl halides is 1. The van der Waals surface area contributed by atoms with Crippen LogP contribution in [0.1, 0.15) is 75.9 Å². The molecule has 1 spiro atoms. The summed E-state index contributed by atoms with van der Waals surface area (Å²) in [6.07, 6.45) is 6.06. The van der Waals surface area contributed by atoms with E-state index in [0.717, 1.165) is 87.2 Å². The number of unbranched alkanes of at least 4 members (excludes halogenated alkanes) is 3. The Kier molecular flexibility index (Phi) is 16.0. The van der Waals surface area contributed by atoms with Crippen molar-refractivity contribution in [3.63, 3.8) is 0 Å². The second-order valence-corrected chi connectivity index (χ2v) is 16.5. The fourth-order valence-corrected chi connectivity index (χ4v) is 8.19. The third kappa shape index (κ3) is 10.6. The number of alkyl carbamates (subject to hydrolysis) is 1. The van der Waals surface area contributed by atoms with Gasteiger partial charge in [0.05, 0.1) is 81.2 Å². The molecule has 0 saturated carbocycles. The van der Waals surface area contributed by atoms with Gasteiger partial charge in [-0.2, -0.15) is 0 Å². The Morgan fingerprint density at radius 1 is 0.717 bits per heavy atom. The first-order chi connectivity index (χ1) is 29.4. The van der Waals surface area contributed by atoms with Gasteiger partial charge in [0.2, 0.25) is 0 Å². The molecule has 60 heavy (non-hydrogen) atoms. The number of anilines is 2. The lowest BCUT2D eigenvalue weighted by atomic mass is 9.77. The van der Waals surface area contributed by atoms with E-state index in [0.29, 0.717) is 86.8 Å². The normalized spacial score (nSPS) is 15.6. The van der Waals surface area contributed by atoms with Crippen LogP contribution in [-0.4, -0.2) is 126 Å². The first kappa shape index (κ1) is 44.2. The molecule has 0 atom stereocenters. The highest BCUT2D eigenvalue weighted by Crippen LogP contribution is 2.57. The highest BCUT2D eigenvalue weighted by atomic mass is 127. The number of hydrogen-bond acceptors (Lipinski definition) is 12. The fourth-order valence-electron chi connectivity index (χ4n) is 7.53. The SMILES string of the molecule is O=C(NCCOCCOCCCCCCCl)OCCOCCOCCN(I)C(=O)c1ccc2c(c1)C1(OC2=O)c2ccc(N3CCC3)cc2Oc2cc(N3CCC3)ccc21. The van der Waals surface area contributed by atoms with Gasteiger partial charge in [-0.25, -0.2) is 9.59 Å². The van der Waals surface area contributed by atoms with Crippen molar-refractivity contribution in [1.82, 2.24) is 8.43 Å². The number of ether oxygens (including phenoxy) is 7. The Labute approximate surface area is 370 Å². The number of esters is 1. The molecule has 0 radical (unpaired) electrons. The van der Waals surface area contributed by atoms with E-state index in [2.05, 4.69) is 27.2 Å². The van der Waals surface area contributed by atoms with E-state index in [1.54, 1.807) is 21.3 Å². The van der Waals surface area contributed by atoms with Gasteiger partial charge in [0.1, 0.15) is 18.1 Å². The zero-order valence-electron chi connectivity index (χ0n) is 33.9. The Morgan fingerprint density at radius 3 is 1.95 bits per heavy atom. The van der Waals surface area contributed by atoms with Crippen LogP contribution >= 0.6 is 34.5 Å². The number of rotatable bonds is 24. The summed E-state index contributed by atoms with van der Waals surface area (Å²) in [7, 11) is 0. The molecular formula is C44H54ClIN4O10. The quantitative estimate of drug-likeness (QED) is 0.0324. The van der Waals surface area contributed by atoms with E-state index in [-0.39, 0.29) is 25.7 Å². The van der Waals surface area contributed by atoms with Crippen LogP contribution in [0.15, 0.2) is 54.6 Å². The fraction of sp³-hybridized carbons (Fsp3) is 0.523. The summed E-state index contributed by atoms with van der Waals surface area (Å²) in [6.45, 7) is 7.88.